The number of amides is 1. The van der Waals surface area contributed by atoms with Crippen LogP contribution in [0.25, 0.3) is 0 Å². The maximum Gasteiger partial charge on any atom is 0.221 e. The number of carbonyl (C=O) groups is 1. The molecule has 0 aliphatic carbocycles. The molecule has 0 radical (unpaired) electrons. The van der Waals surface area contributed by atoms with Gasteiger partial charge in [0.2, 0.25) is 5.91 Å². The molecule has 1 aromatic carbocycles. The van der Waals surface area contributed by atoms with E-state index in [1.807, 2.05) is 30.3 Å². The van der Waals surface area contributed by atoms with Gasteiger partial charge in [-0.1, -0.05) is 12.1 Å². The summed E-state index contributed by atoms with van der Waals surface area (Å²) in [7, 11) is 0. The highest BCUT2D eigenvalue weighted by atomic mass is 79.9. The molecule has 0 fully saturated rings. The summed E-state index contributed by atoms with van der Waals surface area (Å²) in [6, 6.07) is 9.44. The molecule has 0 saturated heterocycles. The Morgan fingerprint density at radius 1 is 1.28 bits per heavy atom. The zero-order chi connectivity index (χ0) is 13.0. The van der Waals surface area contributed by atoms with E-state index in [0.29, 0.717) is 6.54 Å². The molecule has 1 aromatic heterocycles. The minimum Gasteiger partial charge on any atom is -0.466 e. The zero-order valence-corrected chi connectivity index (χ0v) is 11.2. The van der Waals surface area contributed by atoms with Crippen molar-refractivity contribution >= 4 is 27.5 Å². The molecule has 1 amide bonds. The number of halogens is 1. The van der Waals surface area contributed by atoms with Gasteiger partial charge in [-0.3, -0.25) is 4.79 Å². The lowest BCUT2D eigenvalue weighted by atomic mass is 10.1. The van der Waals surface area contributed by atoms with Crippen LogP contribution in [-0.2, 0) is 17.8 Å². The first-order valence-corrected chi connectivity index (χ1v) is 6.27. The standard InChI is InChI=1S/C13H13BrN2O2/c14-11-5-6-18-12(11)8-16-10-3-1-9(2-4-10)7-13(15)17/h1-6,16H,7-8H2,(H2,15,17). The van der Waals surface area contributed by atoms with E-state index in [-0.39, 0.29) is 12.3 Å². The van der Waals surface area contributed by atoms with Crippen molar-refractivity contribution < 1.29 is 9.21 Å². The fraction of sp³-hybridized carbons (Fsp3) is 0.154. The molecule has 4 nitrogen and oxygen atoms in total. The van der Waals surface area contributed by atoms with Crippen molar-refractivity contribution in [2.24, 2.45) is 5.73 Å². The number of hydrogen-bond donors (Lipinski definition) is 2. The first kappa shape index (κ1) is 12.7. The third-order valence-corrected chi connectivity index (χ3v) is 3.18. The summed E-state index contributed by atoms with van der Waals surface area (Å²) in [5.74, 6) is 0.520. The molecule has 0 aliphatic heterocycles. The lowest BCUT2D eigenvalue weighted by molar-refractivity contribution is -0.117. The van der Waals surface area contributed by atoms with E-state index >= 15 is 0 Å². The number of anilines is 1. The van der Waals surface area contributed by atoms with Gasteiger partial charge in [-0.25, -0.2) is 0 Å². The summed E-state index contributed by atoms with van der Waals surface area (Å²) < 4.78 is 6.24. The smallest absolute Gasteiger partial charge is 0.221 e. The van der Waals surface area contributed by atoms with Crippen LogP contribution in [0.5, 0.6) is 0 Å². The van der Waals surface area contributed by atoms with Crippen molar-refractivity contribution in [2.75, 3.05) is 5.32 Å². The molecular weight excluding hydrogens is 296 g/mol. The molecule has 0 bridgehead atoms. The van der Waals surface area contributed by atoms with Gasteiger partial charge in [0.15, 0.2) is 0 Å². The van der Waals surface area contributed by atoms with Crippen molar-refractivity contribution in [1.29, 1.82) is 0 Å². The van der Waals surface area contributed by atoms with Gasteiger partial charge in [-0.05, 0) is 39.7 Å². The molecule has 18 heavy (non-hydrogen) atoms. The molecular formula is C13H13BrN2O2. The Morgan fingerprint density at radius 2 is 2.00 bits per heavy atom. The third-order valence-electron chi connectivity index (χ3n) is 2.48. The molecule has 3 N–H and O–H groups in total. The second-order valence-corrected chi connectivity index (χ2v) is 4.74. The summed E-state index contributed by atoms with van der Waals surface area (Å²) in [4.78, 5) is 10.8. The Balaban J connectivity index is 1.94. The third kappa shape index (κ3) is 3.37. The van der Waals surface area contributed by atoms with E-state index in [1.54, 1.807) is 6.26 Å². The van der Waals surface area contributed by atoms with Crippen LogP contribution in [0, 0.1) is 0 Å². The van der Waals surface area contributed by atoms with Crippen LogP contribution in [0.3, 0.4) is 0 Å². The average Bonchev–Trinajstić information content (AvgIpc) is 2.73. The van der Waals surface area contributed by atoms with Gasteiger partial charge in [-0.15, -0.1) is 0 Å². The minimum absolute atomic E-state index is 0.268. The summed E-state index contributed by atoms with van der Waals surface area (Å²) >= 11 is 3.39. The summed E-state index contributed by atoms with van der Waals surface area (Å²) in [6.45, 7) is 0.600. The predicted molar refractivity (Wildman–Crippen MR) is 73.1 cm³/mol. The van der Waals surface area contributed by atoms with Gasteiger partial charge < -0.3 is 15.5 Å². The van der Waals surface area contributed by atoms with Crippen LogP contribution in [0.1, 0.15) is 11.3 Å². The van der Waals surface area contributed by atoms with Crippen LogP contribution in [0.15, 0.2) is 45.5 Å². The van der Waals surface area contributed by atoms with Gasteiger partial charge in [0.05, 0.1) is 23.7 Å². The molecule has 2 aromatic rings. The Labute approximate surface area is 113 Å². The fourth-order valence-electron chi connectivity index (χ4n) is 1.58. The number of benzene rings is 1. The van der Waals surface area contributed by atoms with E-state index in [1.165, 1.54) is 0 Å². The van der Waals surface area contributed by atoms with Crippen LogP contribution < -0.4 is 11.1 Å². The lowest BCUT2D eigenvalue weighted by Gasteiger charge is -2.05. The summed E-state index contributed by atoms with van der Waals surface area (Å²) in [5, 5.41) is 3.23. The first-order chi connectivity index (χ1) is 8.65. The predicted octanol–water partition coefficient (Wildman–Crippen LogP) is 2.68. The molecule has 0 saturated carbocycles. The van der Waals surface area contributed by atoms with Crippen molar-refractivity contribution in [3.63, 3.8) is 0 Å². The molecule has 1 heterocycles. The van der Waals surface area contributed by atoms with E-state index in [4.69, 9.17) is 10.2 Å². The molecule has 0 aliphatic rings. The summed E-state index contributed by atoms with van der Waals surface area (Å²) in [6.07, 6.45) is 1.90. The number of furan rings is 1. The normalized spacial score (nSPS) is 10.3. The topological polar surface area (TPSA) is 68.3 Å². The quantitative estimate of drug-likeness (QED) is 0.892. The minimum atomic E-state index is -0.324. The second-order valence-electron chi connectivity index (χ2n) is 3.89. The molecule has 94 valence electrons. The second kappa shape index (κ2) is 5.73. The number of rotatable bonds is 5. The number of hydrogen-bond acceptors (Lipinski definition) is 3. The van der Waals surface area contributed by atoms with E-state index in [2.05, 4.69) is 21.2 Å². The highest BCUT2D eigenvalue weighted by molar-refractivity contribution is 9.10. The molecule has 0 spiro atoms. The van der Waals surface area contributed by atoms with Crippen LogP contribution in [0.4, 0.5) is 5.69 Å². The van der Waals surface area contributed by atoms with Crippen molar-refractivity contribution in [1.82, 2.24) is 0 Å². The van der Waals surface area contributed by atoms with Crippen LogP contribution in [-0.4, -0.2) is 5.91 Å². The molecule has 0 unspecified atom stereocenters. The van der Waals surface area contributed by atoms with Crippen LogP contribution in [0.2, 0.25) is 0 Å². The molecule has 2 rings (SSSR count). The highest BCUT2D eigenvalue weighted by Crippen LogP contribution is 2.19. The van der Waals surface area contributed by atoms with Gasteiger partial charge in [0, 0.05) is 5.69 Å². The van der Waals surface area contributed by atoms with Crippen molar-refractivity contribution in [3.05, 3.63) is 52.4 Å². The summed E-state index contributed by atoms with van der Waals surface area (Å²) in [5.41, 5.74) is 7.00. The van der Waals surface area contributed by atoms with Crippen molar-refractivity contribution in [2.45, 2.75) is 13.0 Å². The Hall–Kier alpha value is -1.75. The SMILES string of the molecule is NC(=O)Cc1ccc(NCc2occc2Br)cc1. The Morgan fingerprint density at radius 3 is 2.56 bits per heavy atom. The van der Waals surface area contributed by atoms with Gasteiger partial charge >= 0.3 is 0 Å². The number of nitrogens with two attached hydrogens (primary N) is 1. The van der Waals surface area contributed by atoms with E-state index < -0.39 is 0 Å². The number of carbonyl (C=O) groups excluding carboxylic acids is 1. The van der Waals surface area contributed by atoms with Crippen LogP contribution >= 0.6 is 15.9 Å². The van der Waals surface area contributed by atoms with Gasteiger partial charge in [0.1, 0.15) is 5.76 Å². The van der Waals surface area contributed by atoms with Crippen molar-refractivity contribution in [3.8, 4) is 0 Å². The Kier molecular flexibility index (Phi) is 4.04. The fourth-order valence-corrected chi connectivity index (χ4v) is 1.92. The average molecular weight is 309 g/mol. The van der Waals surface area contributed by atoms with Gasteiger partial charge in [0.25, 0.3) is 0 Å². The highest BCUT2D eigenvalue weighted by Gasteiger charge is 2.03. The lowest BCUT2D eigenvalue weighted by Crippen LogP contribution is -2.13. The molecule has 0 atom stereocenters. The van der Waals surface area contributed by atoms with E-state index in [0.717, 1.165) is 21.5 Å². The first-order valence-electron chi connectivity index (χ1n) is 5.48. The Bertz CT molecular complexity index is 534. The number of nitrogens with one attached hydrogen (secondary N) is 1. The number of primary amides is 1. The maximum atomic E-state index is 10.8. The maximum absolute atomic E-state index is 10.8. The zero-order valence-electron chi connectivity index (χ0n) is 9.65. The molecule has 5 heteroatoms. The largest absolute Gasteiger partial charge is 0.466 e. The van der Waals surface area contributed by atoms with E-state index in [9.17, 15) is 4.79 Å². The monoisotopic (exact) mass is 308 g/mol. The van der Waals surface area contributed by atoms with Gasteiger partial charge in [-0.2, -0.15) is 0 Å².